The molecule has 1 radical (unpaired) electrons. The molecule has 0 heterocycles. The van der Waals surface area contributed by atoms with Crippen molar-refractivity contribution in [2.45, 2.75) is 0 Å². The Balaban J connectivity index is 0. The van der Waals surface area contributed by atoms with Crippen LogP contribution in [0.5, 0.6) is 0 Å². The molecule has 0 amide bonds. The van der Waals surface area contributed by atoms with E-state index in [2.05, 4.69) is 0 Å². The molecule has 0 bridgehead atoms. The molecule has 4 heteroatoms. The first-order valence-corrected chi connectivity index (χ1v) is 0. The second kappa shape index (κ2) is 16.8. The van der Waals surface area contributed by atoms with Gasteiger partial charge >= 0.3 is 0 Å². The van der Waals surface area contributed by atoms with Gasteiger partial charge in [0, 0.05) is 75.0 Å². The van der Waals surface area contributed by atoms with E-state index in [4.69, 9.17) is 0 Å². The summed E-state index contributed by atoms with van der Waals surface area (Å²) in [4.78, 5) is 0. The van der Waals surface area contributed by atoms with Gasteiger partial charge in [-0.15, -0.1) is 0 Å². The fraction of sp³-hybridized carbons (Fsp3) is 0. The summed E-state index contributed by atoms with van der Waals surface area (Å²) in [5.41, 5.74) is 0. The number of rotatable bonds is 0. The van der Waals surface area contributed by atoms with Gasteiger partial charge in [0.05, 0.1) is 0 Å². The zero-order chi connectivity index (χ0) is 0. The Morgan fingerprint density at radius 1 is 1.00 bits per heavy atom. The molecule has 0 unspecified atom stereocenters. The minimum absolute atomic E-state index is 0. The van der Waals surface area contributed by atoms with Gasteiger partial charge in [0.2, 0.25) is 0 Å². The first kappa shape index (κ1) is 28.5. The van der Waals surface area contributed by atoms with Crippen LogP contribution in [-0.4, -0.2) is 17.4 Å². The third-order valence-electron chi connectivity index (χ3n) is 0. The average molecular weight is 288 g/mol. The zero-order valence-corrected chi connectivity index (χ0v) is 6.32. The maximum atomic E-state index is 0. The van der Waals surface area contributed by atoms with Crippen molar-refractivity contribution in [3.05, 3.63) is 0 Å². The van der Waals surface area contributed by atoms with Gasteiger partial charge in [-0.3, -0.25) is 0 Å². The molecular weight excluding hydrogens is 285 g/mol. The van der Waals surface area contributed by atoms with Crippen molar-refractivity contribution in [3.8, 4) is 0 Å². The van der Waals surface area contributed by atoms with Crippen molar-refractivity contribution in [2.24, 2.45) is 0 Å². The first-order chi connectivity index (χ1) is 0. The van der Waals surface area contributed by atoms with Crippen LogP contribution in [0.1, 0.15) is 0 Å². The van der Waals surface area contributed by atoms with E-state index in [-0.39, 0.29) is 92.4 Å². The SMILES string of the molecule is [AlH3].[Ce].[Co].[Ni]. The maximum absolute atomic E-state index is 0. The van der Waals surface area contributed by atoms with Gasteiger partial charge in [-0.25, -0.2) is 0 Å². The number of hydrogen-bond donors (Lipinski definition) is 0. The Labute approximate surface area is 90.5 Å². The van der Waals surface area contributed by atoms with Crippen LogP contribution >= 0.6 is 0 Å². The molecule has 29 valence electrons. The van der Waals surface area contributed by atoms with Crippen LogP contribution in [0.15, 0.2) is 0 Å². The van der Waals surface area contributed by atoms with E-state index < -0.39 is 0 Å². The summed E-state index contributed by atoms with van der Waals surface area (Å²) < 4.78 is 0. The summed E-state index contributed by atoms with van der Waals surface area (Å²) in [6.45, 7) is 0. The van der Waals surface area contributed by atoms with Crippen LogP contribution in [0.4, 0.5) is 0 Å². The first-order valence-electron chi connectivity index (χ1n) is 0. The van der Waals surface area contributed by atoms with Gasteiger partial charge in [0.15, 0.2) is 17.4 Å². The molecule has 0 aromatic heterocycles. The fourth-order valence-electron chi connectivity index (χ4n) is 0. The van der Waals surface area contributed by atoms with E-state index in [1.807, 2.05) is 0 Å². The molecule has 0 aromatic carbocycles. The molecule has 0 spiro atoms. The van der Waals surface area contributed by atoms with E-state index in [1.54, 1.807) is 0 Å². The van der Waals surface area contributed by atoms with Gasteiger partial charge < -0.3 is 0 Å². The van der Waals surface area contributed by atoms with Gasteiger partial charge in [-0.2, -0.15) is 0 Å². The van der Waals surface area contributed by atoms with Crippen molar-refractivity contribution in [3.63, 3.8) is 0 Å². The molecular formula is H3AlCeCoNi. The Bertz CT molecular complexity index is 8.00. The standard InChI is InChI=1S/Al.Ce.Co.Ni.3H. The topological polar surface area (TPSA) is 0 Å². The molecule has 0 aliphatic rings. The maximum Gasteiger partial charge on any atom is 0.187 e. The molecule has 4 heavy (non-hydrogen) atoms. The molecule has 0 fully saturated rings. The van der Waals surface area contributed by atoms with Crippen LogP contribution in [0.25, 0.3) is 0 Å². The van der Waals surface area contributed by atoms with Crippen molar-refractivity contribution in [2.75, 3.05) is 0 Å². The van der Waals surface area contributed by atoms with E-state index in [9.17, 15) is 0 Å². The Hall–Kier alpha value is 2.91. The fourth-order valence-corrected chi connectivity index (χ4v) is 0. The Morgan fingerprint density at radius 2 is 1.00 bits per heavy atom. The van der Waals surface area contributed by atoms with E-state index in [0.29, 0.717) is 0 Å². The zero-order valence-electron chi connectivity index (χ0n) is 1.15. The van der Waals surface area contributed by atoms with Gasteiger partial charge in [-0.05, 0) is 0 Å². The van der Waals surface area contributed by atoms with Crippen molar-refractivity contribution in [1.82, 2.24) is 0 Å². The quantitative estimate of drug-likeness (QED) is 0.492. The summed E-state index contributed by atoms with van der Waals surface area (Å²) >= 11 is 0. The molecule has 0 saturated carbocycles. The average Bonchev–Trinajstić information content (AvgIpc) is 0. The third-order valence-corrected chi connectivity index (χ3v) is 0. The molecule has 0 aliphatic carbocycles. The van der Waals surface area contributed by atoms with Gasteiger partial charge in [-0.1, -0.05) is 0 Å². The minimum Gasteiger partial charge on any atom is 0 e. The molecule has 0 rings (SSSR count). The summed E-state index contributed by atoms with van der Waals surface area (Å²) in [6, 6.07) is 0. The van der Waals surface area contributed by atoms with Crippen LogP contribution in [-0.2, 0) is 33.3 Å². The van der Waals surface area contributed by atoms with E-state index in [1.165, 1.54) is 0 Å². The van der Waals surface area contributed by atoms with E-state index in [0.717, 1.165) is 0 Å². The molecule has 0 saturated heterocycles. The van der Waals surface area contributed by atoms with Crippen molar-refractivity contribution >= 4 is 17.4 Å². The predicted octanol–water partition coefficient (Wildman–Crippen LogP) is -1.19. The molecule has 0 aliphatic heterocycles. The third kappa shape index (κ3) is 8.86. The van der Waals surface area contributed by atoms with Gasteiger partial charge in [0.1, 0.15) is 0 Å². The smallest absolute Gasteiger partial charge is 0 e. The summed E-state index contributed by atoms with van der Waals surface area (Å²) in [7, 11) is 0. The predicted molar refractivity (Wildman–Crippen MR) is 9.94 cm³/mol. The van der Waals surface area contributed by atoms with Gasteiger partial charge in [0.25, 0.3) is 0 Å². The number of hydrogen-bond acceptors (Lipinski definition) is 0. The Morgan fingerprint density at radius 3 is 1.00 bits per heavy atom. The normalized spacial score (nSPS) is 0. The molecule has 0 atom stereocenters. The second-order valence-corrected chi connectivity index (χ2v) is 0. The van der Waals surface area contributed by atoms with Crippen molar-refractivity contribution < 1.29 is 75.0 Å². The molecule has 0 N–H and O–H groups in total. The van der Waals surface area contributed by atoms with Crippen LogP contribution in [0.2, 0.25) is 0 Å². The Kier molecular flexibility index (Phi) is 120. The molecule has 0 nitrogen and oxygen atoms in total. The van der Waals surface area contributed by atoms with Crippen LogP contribution in [0.3, 0.4) is 0 Å². The summed E-state index contributed by atoms with van der Waals surface area (Å²) in [5, 5.41) is 0. The molecule has 0 aromatic rings. The van der Waals surface area contributed by atoms with Crippen LogP contribution in [0, 0.1) is 41.7 Å². The van der Waals surface area contributed by atoms with Crippen LogP contribution < -0.4 is 0 Å². The minimum atomic E-state index is 0. The van der Waals surface area contributed by atoms with Crippen molar-refractivity contribution in [1.29, 1.82) is 0 Å². The second-order valence-electron chi connectivity index (χ2n) is 0. The monoisotopic (exact) mass is 287 g/mol. The largest absolute Gasteiger partial charge is 0.187 e. The summed E-state index contributed by atoms with van der Waals surface area (Å²) in [5.74, 6) is 0. The van der Waals surface area contributed by atoms with E-state index >= 15 is 0 Å². The summed E-state index contributed by atoms with van der Waals surface area (Å²) in [6.07, 6.45) is 0.